The number of anilines is 1. The molecule has 32 heavy (non-hydrogen) atoms. The van der Waals surface area contributed by atoms with Crippen LogP contribution in [0.2, 0.25) is 0 Å². The molecule has 172 valence electrons. The first-order valence-electron chi connectivity index (χ1n) is 9.93. The zero-order valence-corrected chi connectivity index (χ0v) is 16.6. The Labute approximate surface area is 178 Å². The molecule has 0 saturated heterocycles. The van der Waals surface area contributed by atoms with E-state index in [9.17, 15) is 31.4 Å². The zero-order chi connectivity index (χ0) is 23.1. The number of aromatic nitrogens is 4. The smallest absolute Gasteiger partial charge is 0.391 e. The Morgan fingerprint density at radius 3 is 2.50 bits per heavy atom. The van der Waals surface area contributed by atoms with E-state index in [0.29, 0.717) is 25.0 Å². The summed E-state index contributed by atoms with van der Waals surface area (Å²) < 4.78 is 80.1. The Bertz CT molecular complexity index is 1110. The minimum Gasteiger partial charge on any atom is -0.391 e. The van der Waals surface area contributed by atoms with Crippen LogP contribution >= 0.6 is 0 Å². The highest BCUT2D eigenvalue weighted by Gasteiger charge is 2.35. The van der Waals surface area contributed by atoms with Crippen LogP contribution in [0.1, 0.15) is 36.8 Å². The lowest BCUT2D eigenvalue weighted by molar-refractivity contribution is -0.138. The van der Waals surface area contributed by atoms with Crippen LogP contribution in [0.5, 0.6) is 0 Å². The predicted molar refractivity (Wildman–Crippen MR) is 103 cm³/mol. The molecule has 6 nitrogen and oxygen atoms in total. The van der Waals surface area contributed by atoms with Crippen LogP contribution < -0.4 is 5.32 Å². The summed E-state index contributed by atoms with van der Waals surface area (Å²) in [5.74, 6) is 0.233. The first-order chi connectivity index (χ1) is 15.0. The summed E-state index contributed by atoms with van der Waals surface area (Å²) in [4.78, 5) is 4.00. The quantitative estimate of drug-likeness (QED) is 0.557. The van der Waals surface area contributed by atoms with Gasteiger partial charge in [-0.25, -0.2) is 4.98 Å². The molecule has 1 aliphatic rings. The molecule has 1 saturated carbocycles. The zero-order valence-electron chi connectivity index (χ0n) is 16.6. The fraction of sp³-hybridized carbons (Fsp3) is 0.450. The van der Waals surface area contributed by atoms with Crippen molar-refractivity contribution in [3.8, 4) is 11.3 Å². The second kappa shape index (κ2) is 8.23. The maximum atomic E-state index is 13.1. The van der Waals surface area contributed by atoms with Crippen molar-refractivity contribution in [1.82, 2.24) is 19.6 Å². The second-order valence-corrected chi connectivity index (χ2v) is 7.79. The third-order valence-electron chi connectivity index (χ3n) is 5.48. The van der Waals surface area contributed by atoms with Crippen molar-refractivity contribution in [2.24, 2.45) is 0 Å². The van der Waals surface area contributed by atoms with E-state index < -0.39 is 36.0 Å². The van der Waals surface area contributed by atoms with Gasteiger partial charge < -0.3 is 10.4 Å². The lowest BCUT2D eigenvalue weighted by Crippen LogP contribution is -2.37. The molecule has 0 bridgehead atoms. The van der Waals surface area contributed by atoms with Gasteiger partial charge in [0.15, 0.2) is 0 Å². The van der Waals surface area contributed by atoms with Gasteiger partial charge in [-0.3, -0.25) is 4.40 Å². The molecule has 0 spiro atoms. The molecule has 1 fully saturated rings. The van der Waals surface area contributed by atoms with Gasteiger partial charge in [0.05, 0.1) is 35.8 Å². The number of hydrogen-bond acceptors (Lipinski definition) is 5. The van der Waals surface area contributed by atoms with Crippen LogP contribution in [0, 0.1) is 0 Å². The van der Waals surface area contributed by atoms with Crippen molar-refractivity contribution in [2.45, 2.75) is 56.6 Å². The summed E-state index contributed by atoms with van der Waals surface area (Å²) in [6.45, 7) is 0. The Morgan fingerprint density at radius 1 is 1.06 bits per heavy atom. The molecule has 1 aromatic carbocycles. The predicted octanol–water partition coefficient (Wildman–Crippen LogP) is 4.63. The summed E-state index contributed by atoms with van der Waals surface area (Å²) in [5.41, 5.74) is -1.60. The number of benzene rings is 1. The molecule has 1 unspecified atom stereocenters. The van der Waals surface area contributed by atoms with Crippen molar-refractivity contribution in [1.29, 1.82) is 0 Å². The average molecular weight is 459 g/mol. The number of nitrogens with one attached hydrogen (secondary N) is 1. The van der Waals surface area contributed by atoms with Crippen LogP contribution in [0.4, 0.5) is 32.3 Å². The van der Waals surface area contributed by atoms with E-state index in [2.05, 4.69) is 20.5 Å². The molecule has 2 aromatic heterocycles. The molecule has 1 aliphatic carbocycles. The minimum absolute atomic E-state index is 0.0229. The van der Waals surface area contributed by atoms with Crippen LogP contribution in [0.25, 0.3) is 16.8 Å². The van der Waals surface area contributed by atoms with Crippen molar-refractivity contribution < 1.29 is 31.4 Å². The number of nitrogens with zero attached hydrogens (tertiary/aromatic N) is 4. The summed E-state index contributed by atoms with van der Waals surface area (Å²) in [5, 5.41) is 21.3. The number of aliphatic hydroxyl groups is 1. The van der Waals surface area contributed by atoms with Gasteiger partial charge in [-0.2, -0.15) is 26.3 Å². The highest BCUT2D eigenvalue weighted by atomic mass is 19.4. The molecule has 4 rings (SSSR count). The Kier molecular flexibility index (Phi) is 5.74. The van der Waals surface area contributed by atoms with E-state index in [1.54, 1.807) is 0 Å². The number of imidazole rings is 1. The highest BCUT2D eigenvalue weighted by Crippen LogP contribution is 2.36. The standard InChI is InChI=1S/C20H19F6N5O/c21-19(22,23)8-11-7-12(20(24,25)26)5-6-13(11)17-15-9-27-10-31(15)18(30-29-17)28-14-3-1-2-4-16(14)32/h5-7,9-10,14,16,32H,1-4,8H2,(H,28,30)/t14?,16-/m0/s1. The van der Waals surface area contributed by atoms with E-state index in [-0.39, 0.29) is 28.8 Å². The van der Waals surface area contributed by atoms with Gasteiger partial charge in [-0.1, -0.05) is 18.9 Å². The van der Waals surface area contributed by atoms with E-state index in [1.807, 2.05) is 0 Å². The third-order valence-corrected chi connectivity index (χ3v) is 5.48. The summed E-state index contributed by atoms with van der Waals surface area (Å²) in [6, 6.07) is 1.90. The van der Waals surface area contributed by atoms with Crippen molar-refractivity contribution in [2.75, 3.05) is 5.32 Å². The molecule has 2 heterocycles. The minimum atomic E-state index is -4.79. The van der Waals surface area contributed by atoms with Crippen LogP contribution in [0.3, 0.4) is 0 Å². The lowest BCUT2D eigenvalue weighted by Gasteiger charge is -2.28. The van der Waals surface area contributed by atoms with Crippen LogP contribution in [0.15, 0.2) is 30.7 Å². The molecular weight excluding hydrogens is 440 g/mol. The van der Waals surface area contributed by atoms with E-state index in [4.69, 9.17) is 0 Å². The van der Waals surface area contributed by atoms with E-state index in [0.717, 1.165) is 18.9 Å². The first-order valence-corrected chi connectivity index (χ1v) is 9.93. The largest absolute Gasteiger partial charge is 0.416 e. The molecule has 2 atom stereocenters. The molecule has 0 amide bonds. The average Bonchev–Trinajstić information content (AvgIpc) is 3.19. The Balaban J connectivity index is 1.77. The molecule has 12 heteroatoms. The summed E-state index contributed by atoms with van der Waals surface area (Å²) >= 11 is 0. The van der Waals surface area contributed by atoms with Crippen LogP contribution in [-0.4, -0.2) is 43.0 Å². The van der Waals surface area contributed by atoms with Crippen molar-refractivity contribution >= 4 is 11.5 Å². The maximum Gasteiger partial charge on any atom is 0.416 e. The van der Waals surface area contributed by atoms with E-state index >= 15 is 0 Å². The maximum absolute atomic E-state index is 13.1. The Morgan fingerprint density at radius 2 is 1.81 bits per heavy atom. The fourth-order valence-corrected chi connectivity index (χ4v) is 3.93. The topological polar surface area (TPSA) is 75.3 Å². The monoisotopic (exact) mass is 459 g/mol. The second-order valence-electron chi connectivity index (χ2n) is 7.79. The Hall–Kier alpha value is -2.89. The number of aliphatic hydroxyl groups excluding tert-OH is 1. The lowest BCUT2D eigenvalue weighted by atomic mass is 9.93. The third kappa shape index (κ3) is 4.64. The summed E-state index contributed by atoms with van der Waals surface area (Å²) in [7, 11) is 0. The molecule has 2 N–H and O–H groups in total. The van der Waals surface area contributed by atoms with Gasteiger partial charge >= 0.3 is 12.4 Å². The number of fused-ring (bicyclic) bond motifs is 1. The van der Waals surface area contributed by atoms with Gasteiger partial charge in [-0.05, 0) is 30.5 Å². The van der Waals surface area contributed by atoms with Crippen LogP contribution in [-0.2, 0) is 12.6 Å². The molecule has 0 radical (unpaired) electrons. The van der Waals surface area contributed by atoms with Crippen molar-refractivity contribution in [3.05, 3.63) is 41.9 Å². The van der Waals surface area contributed by atoms with Gasteiger partial charge in [0.1, 0.15) is 12.0 Å². The number of halogens is 6. The molecular formula is C20H19F6N5O. The van der Waals surface area contributed by atoms with Gasteiger partial charge in [0, 0.05) is 5.56 Å². The van der Waals surface area contributed by atoms with E-state index in [1.165, 1.54) is 16.9 Å². The van der Waals surface area contributed by atoms with Gasteiger partial charge in [-0.15, -0.1) is 10.2 Å². The number of rotatable bonds is 4. The highest BCUT2D eigenvalue weighted by molar-refractivity contribution is 5.79. The number of alkyl halides is 6. The summed E-state index contributed by atoms with van der Waals surface area (Å²) in [6.07, 6.45) is -5.77. The van der Waals surface area contributed by atoms with Gasteiger partial charge in [0.2, 0.25) is 5.95 Å². The SMILES string of the molecule is O[C@H]1CCCCC1Nc1nnc(-c2ccc(C(F)(F)F)cc2CC(F)(F)F)c2cncn12. The fourth-order valence-electron chi connectivity index (χ4n) is 3.93. The van der Waals surface area contributed by atoms with Crippen molar-refractivity contribution in [3.63, 3.8) is 0 Å². The molecule has 3 aromatic rings. The van der Waals surface area contributed by atoms with Gasteiger partial charge in [0.25, 0.3) is 0 Å². The molecule has 0 aliphatic heterocycles. The first kappa shape index (κ1) is 22.3. The number of hydrogen-bond donors (Lipinski definition) is 2. The normalized spacial score (nSPS) is 20.0.